The molecule has 0 bridgehead atoms. The standard InChI is InChI=1S/C17H28N2O/c1-4-19(16-8-6-10-18-12-16)13-15-7-5-9-17(11-15)20-14(2)3/h5,7,9,11,14,16,18H,4,6,8,10,12-13H2,1-3H3. The molecule has 2 rings (SSSR count). The minimum absolute atomic E-state index is 0.232. The molecule has 0 saturated carbocycles. The van der Waals surface area contributed by atoms with Gasteiger partial charge in [-0.2, -0.15) is 0 Å². The van der Waals surface area contributed by atoms with Gasteiger partial charge in [-0.3, -0.25) is 4.90 Å². The number of ether oxygens (including phenoxy) is 1. The van der Waals surface area contributed by atoms with Crippen LogP contribution in [0.5, 0.6) is 5.75 Å². The first kappa shape index (κ1) is 15.3. The van der Waals surface area contributed by atoms with Crippen molar-refractivity contribution in [1.29, 1.82) is 0 Å². The zero-order valence-electron chi connectivity index (χ0n) is 13.1. The molecule has 112 valence electrons. The molecule has 0 aliphatic carbocycles. The second-order valence-electron chi connectivity index (χ2n) is 5.88. The Bertz CT molecular complexity index is 400. The first-order valence-corrected chi connectivity index (χ1v) is 7.89. The summed E-state index contributed by atoms with van der Waals surface area (Å²) in [6, 6.07) is 9.19. The van der Waals surface area contributed by atoms with Crippen LogP contribution in [0.1, 0.15) is 39.2 Å². The maximum absolute atomic E-state index is 5.78. The Hall–Kier alpha value is -1.06. The minimum Gasteiger partial charge on any atom is -0.491 e. The molecule has 0 amide bonds. The predicted octanol–water partition coefficient (Wildman–Crippen LogP) is 3.05. The normalized spacial score (nSPS) is 19.6. The summed E-state index contributed by atoms with van der Waals surface area (Å²) in [5.74, 6) is 0.982. The summed E-state index contributed by atoms with van der Waals surface area (Å²) < 4.78 is 5.78. The van der Waals surface area contributed by atoms with Crippen LogP contribution in [-0.2, 0) is 6.54 Å². The summed E-state index contributed by atoms with van der Waals surface area (Å²) in [6.45, 7) is 10.8. The van der Waals surface area contributed by atoms with E-state index in [0.29, 0.717) is 6.04 Å². The van der Waals surface area contributed by atoms with E-state index in [1.54, 1.807) is 0 Å². The molecule has 1 aliphatic heterocycles. The molecule has 1 heterocycles. The van der Waals surface area contributed by atoms with Crippen molar-refractivity contribution in [2.75, 3.05) is 19.6 Å². The molecule has 1 atom stereocenters. The Kier molecular flexibility index (Phi) is 5.86. The smallest absolute Gasteiger partial charge is 0.120 e. The summed E-state index contributed by atoms with van der Waals surface area (Å²) in [4.78, 5) is 2.57. The summed E-state index contributed by atoms with van der Waals surface area (Å²) in [6.07, 6.45) is 2.83. The predicted molar refractivity (Wildman–Crippen MR) is 84.2 cm³/mol. The van der Waals surface area contributed by atoms with Crippen molar-refractivity contribution in [3.05, 3.63) is 29.8 Å². The number of nitrogens with one attached hydrogen (secondary N) is 1. The van der Waals surface area contributed by atoms with Crippen LogP contribution in [0.3, 0.4) is 0 Å². The molecule has 1 aliphatic rings. The zero-order valence-corrected chi connectivity index (χ0v) is 13.1. The van der Waals surface area contributed by atoms with E-state index in [2.05, 4.69) is 49.2 Å². The highest BCUT2D eigenvalue weighted by Gasteiger charge is 2.19. The summed E-state index contributed by atoms with van der Waals surface area (Å²) in [5, 5.41) is 3.51. The summed E-state index contributed by atoms with van der Waals surface area (Å²) in [7, 11) is 0. The van der Waals surface area contributed by atoms with Crippen LogP contribution >= 0.6 is 0 Å². The van der Waals surface area contributed by atoms with Gasteiger partial charge in [0, 0.05) is 19.1 Å². The molecule has 20 heavy (non-hydrogen) atoms. The van der Waals surface area contributed by atoms with Gasteiger partial charge < -0.3 is 10.1 Å². The second kappa shape index (κ2) is 7.65. The number of piperidine rings is 1. The average molecular weight is 276 g/mol. The molecule has 1 unspecified atom stereocenters. The average Bonchev–Trinajstić information content (AvgIpc) is 2.45. The Labute approximate surface area is 123 Å². The lowest BCUT2D eigenvalue weighted by atomic mass is 10.0. The fourth-order valence-corrected chi connectivity index (χ4v) is 2.87. The van der Waals surface area contributed by atoms with E-state index in [-0.39, 0.29) is 6.10 Å². The Balaban J connectivity index is 1.99. The van der Waals surface area contributed by atoms with E-state index in [9.17, 15) is 0 Å². The number of hydrogen-bond acceptors (Lipinski definition) is 3. The van der Waals surface area contributed by atoms with E-state index in [4.69, 9.17) is 4.74 Å². The van der Waals surface area contributed by atoms with Crippen LogP contribution in [0.15, 0.2) is 24.3 Å². The molecule has 0 spiro atoms. The van der Waals surface area contributed by atoms with Gasteiger partial charge in [0.25, 0.3) is 0 Å². The molecule has 1 aromatic rings. The van der Waals surface area contributed by atoms with Gasteiger partial charge in [-0.05, 0) is 57.5 Å². The molecular weight excluding hydrogens is 248 g/mol. The number of likely N-dealkylation sites (N-methyl/N-ethyl adjacent to an activating group) is 1. The quantitative estimate of drug-likeness (QED) is 0.864. The highest BCUT2D eigenvalue weighted by atomic mass is 16.5. The number of rotatable bonds is 6. The largest absolute Gasteiger partial charge is 0.491 e. The lowest BCUT2D eigenvalue weighted by molar-refractivity contribution is 0.165. The molecule has 1 aromatic carbocycles. The topological polar surface area (TPSA) is 24.5 Å². The van der Waals surface area contributed by atoms with E-state index in [0.717, 1.165) is 25.4 Å². The van der Waals surface area contributed by atoms with Crippen molar-refractivity contribution in [2.24, 2.45) is 0 Å². The van der Waals surface area contributed by atoms with Crippen molar-refractivity contribution in [3.63, 3.8) is 0 Å². The monoisotopic (exact) mass is 276 g/mol. The van der Waals surface area contributed by atoms with Crippen molar-refractivity contribution < 1.29 is 4.74 Å². The highest BCUT2D eigenvalue weighted by molar-refractivity contribution is 5.28. The third-order valence-electron chi connectivity index (χ3n) is 3.85. The van der Waals surface area contributed by atoms with Crippen molar-refractivity contribution in [2.45, 2.75) is 52.3 Å². The molecule has 0 radical (unpaired) electrons. The Morgan fingerprint density at radius 2 is 2.25 bits per heavy atom. The van der Waals surface area contributed by atoms with E-state index >= 15 is 0 Å². The van der Waals surface area contributed by atoms with Gasteiger partial charge in [0.1, 0.15) is 5.75 Å². The van der Waals surface area contributed by atoms with Crippen LogP contribution in [0.25, 0.3) is 0 Å². The second-order valence-corrected chi connectivity index (χ2v) is 5.88. The van der Waals surface area contributed by atoms with Gasteiger partial charge in [0.2, 0.25) is 0 Å². The molecule has 1 N–H and O–H groups in total. The fourth-order valence-electron chi connectivity index (χ4n) is 2.87. The van der Waals surface area contributed by atoms with Gasteiger partial charge in [0.05, 0.1) is 6.10 Å². The number of nitrogens with zero attached hydrogens (tertiary/aromatic N) is 1. The van der Waals surface area contributed by atoms with Gasteiger partial charge in [-0.25, -0.2) is 0 Å². The van der Waals surface area contributed by atoms with Gasteiger partial charge in [0.15, 0.2) is 0 Å². The van der Waals surface area contributed by atoms with Gasteiger partial charge >= 0.3 is 0 Å². The number of hydrogen-bond donors (Lipinski definition) is 1. The first-order valence-electron chi connectivity index (χ1n) is 7.89. The van der Waals surface area contributed by atoms with Crippen molar-refractivity contribution in [1.82, 2.24) is 10.2 Å². The molecule has 0 aromatic heterocycles. The molecule has 1 saturated heterocycles. The minimum atomic E-state index is 0.232. The maximum Gasteiger partial charge on any atom is 0.120 e. The first-order chi connectivity index (χ1) is 9.69. The van der Waals surface area contributed by atoms with Crippen LogP contribution in [-0.4, -0.2) is 36.7 Å². The fraction of sp³-hybridized carbons (Fsp3) is 0.647. The lowest BCUT2D eigenvalue weighted by Crippen LogP contribution is -2.45. The van der Waals surface area contributed by atoms with E-state index in [1.165, 1.54) is 24.9 Å². The van der Waals surface area contributed by atoms with Crippen LogP contribution < -0.4 is 10.1 Å². The molecular formula is C17H28N2O. The lowest BCUT2D eigenvalue weighted by Gasteiger charge is -2.34. The van der Waals surface area contributed by atoms with E-state index in [1.807, 2.05) is 6.07 Å². The van der Waals surface area contributed by atoms with E-state index < -0.39 is 0 Å². The maximum atomic E-state index is 5.78. The van der Waals surface area contributed by atoms with Crippen molar-refractivity contribution >= 4 is 0 Å². The Morgan fingerprint density at radius 1 is 1.40 bits per heavy atom. The third kappa shape index (κ3) is 4.50. The van der Waals surface area contributed by atoms with Crippen LogP contribution in [0.4, 0.5) is 0 Å². The molecule has 1 fully saturated rings. The van der Waals surface area contributed by atoms with Crippen LogP contribution in [0, 0.1) is 0 Å². The van der Waals surface area contributed by atoms with Gasteiger partial charge in [-0.1, -0.05) is 19.1 Å². The Morgan fingerprint density at radius 3 is 2.90 bits per heavy atom. The highest BCUT2D eigenvalue weighted by Crippen LogP contribution is 2.19. The number of benzene rings is 1. The van der Waals surface area contributed by atoms with Crippen molar-refractivity contribution in [3.8, 4) is 5.75 Å². The van der Waals surface area contributed by atoms with Crippen LogP contribution in [0.2, 0.25) is 0 Å². The summed E-state index contributed by atoms with van der Waals surface area (Å²) in [5.41, 5.74) is 1.34. The molecule has 3 nitrogen and oxygen atoms in total. The van der Waals surface area contributed by atoms with Gasteiger partial charge in [-0.15, -0.1) is 0 Å². The zero-order chi connectivity index (χ0) is 14.4. The SMILES string of the molecule is CCN(Cc1cccc(OC(C)C)c1)C1CCCNC1. The third-order valence-corrected chi connectivity index (χ3v) is 3.85. The summed E-state index contributed by atoms with van der Waals surface area (Å²) >= 11 is 0. The molecule has 3 heteroatoms.